The monoisotopic (exact) mass is 356 g/mol. The lowest BCUT2D eigenvalue weighted by molar-refractivity contribution is 0.218. The summed E-state index contributed by atoms with van der Waals surface area (Å²) in [6.45, 7) is 5.29. The van der Waals surface area contributed by atoms with Gasteiger partial charge in [-0.15, -0.1) is 11.8 Å². The van der Waals surface area contributed by atoms with Crippen molar-refractivity contribution >= 4 is 28.2 Å². The van der Waals surface area contributed by atoms with Gasteiger partial charge in [0.15, 0.2) is 0 Å². The minimum Gasteiger partial charge on any atom is -0.405 e. The molecule has 1 aliphatic heterocycles. The fourth-order valence-corrected chi connectivity index (χ4v) is 4.54. The van der Waals surface area contributed by atoms with E-state index >= 15 is 0 Å². The van der Waals surface area contributed by atoms with Crippen molar-refractivity contribution in [2.75, 3.05) is 24.8 Å². The van der Waals surface area contributed by atoms with Crippen LogP contribution in [0.2, 0.25) is 0 Å². The van der Waals surface area contributed by atoms with Crippen LogP contribution >= 0.6 is 11.8 Å². The van der Waals surface area contributed by atoms with Crippen LogP contribution in [0.3, 0.4) is 0 Å². The molecule has 134 valence electrons. The third-order valence-electron chi connectivity index (χ3n) is 5.12. The Labute approximate surface area is 155 Å². The molecule has 0 saturated heterocycles. The molecule has 3 N–H and O–H groups in total. The fourth-order valence-electron chi connectivity index (χ4n) is 3.58. The molecule has 25 heavy (non-hydrogen) atoms. The smallest absolute Gasteiger partial charge is 0.0556 e. The highest BCUT2D eigenvalue weighted by Gasteiger charge is 2.27. The van der Waals surface area contributed by atoms with Crippen LogP contribution in [0.25, 0.3) is 10.8 Å². The van der Waals surface area contributed by atoms with Crippen LogP contribution in [0.15, 0.2) is 47.0 Å². The topological polar surface area (TPSA) is 47.3 Å². The summed E-state index contributed by atoms with van der Waals surface area (Å²) < 4.78 is 5.21. The van der Waals surface area contributed by atoms with Gasteiger partial charge in [0.25, 0.3) is 0 Å². The van der Waals surface area contributed by atoms with Crippen molar-refractivity contribution in [3.05, 3.63) is 47.7 Å². The van der Waals surface area contributed by atoms with Crippen LogP contribution in [0.4, 0.5) is 5.69 Å². The molecular formula is C21H28N2OS. The number of hydrogen-bond donors (Lipinski definition) is 2. The van der Waals surface area contributed by atoms with Crippen LogP contribution in [0.1, 0.15) is 32.3 Å². The lowest BCUT2D eigenvalue weighted by Gasteiger charge is -2.35. The first kappa shape index (κ1) is 18.2. The second-order valence-corrected chi connectivity index (χ2v) is 8.15. The predicted octanol–water partition coefficient (Wildman–Crippen LogP) is 4.95. The molecule has 1 heterocycles. The molecule has 0 aromatic heterocycles. The van der Waals surface area contributed by atoms with E-state index in [9.17, 15) is 0 Å². The average Bonchev–Trinajstić information content (AvgIpc) is 2.61. The number of benzene rings is 2. The Morgan fingerprint density at radius 2 is 2.16 bits per heavy atom. The summed E-state index contributed by atoms with van der Waals surface area (Å²) in [6.07, 6.45) is 4.75. The first-order chi connectivity index (χ1) is 12.1. The second-order valence-electron chi connectivity index (χ2n) is 7.01. The van der Waals surface area contributed by atoms with Gasteiger partial charge in [0, 0.05) is 34.4 Å². The summed E-state index contributed by atoms with van der Waals surface area (Å²) in [4.78, 5) is 1.32. The lowest BCUT2D eigenvalue weighted by atomic mass is 9.84. The van der Waals surface area contributed by atoms with E-state index in [-0.39, 0.29) is 5.54 Å². The van der Waals surface area contributed by atoms with E-state index in [1.165, 1.54) is 32.5 Å². The van der Waals surface area contributed by atoms with E-state index in [2.05, 4.69) is 49.5 Å². The van der Waals surface area contributed by atoms with E-state index in [0.29, 0.717) is 0 Å². The minimum atomic E-state index is 0.0242. The zero-order valence-electron chi connectivity index (χ0n) is 15.4. The van der Waals surface area contributed by atoms with E-state index in [0.717, 1.165) is 31.6 Å². The average molecular weight is 357 g/mol. The molecule has 0 radical (unpaired) electrons. The van der Waals surface area contributed by atoms with Gasteiger partial charge in [-0.3, -0.25) is 0 Å². The van der Waals surface area contributed by atoms with Gasteiger partial charge in [-0.2, -0.15) is 0 Å². The maximum absolute atomic E-state index is 5.95. The fraction of sp³-hybridized carbons (Fsp3) is 0.429. The van der Waals surface area contributed by atoms with Crippen molar-refractivity contribution in [2.24, 2.45) is 5.73 Å². The molecule has 3 nitrogen and oxygen atoms in total. The Bertz CT molecular complexity index is 787. The molecule has 0 aliphatic carbocycles. The maximum atomic E-state index is 5.95. The predicted molar refractivity (Wildman–Crippen MR) is 109 cm³/mol. The number of methoxy groups -OCH3 is 1. The number of nitrogens with two attached hydrogens (primary N) is 1. The standard InChI is InChI=1S/C21H28N2OS/c1-4-21(2)13-15(14-22)12-16-6-5-7-17-19(25-11-10-24-3)9-8-18(23-21)20(16)17/h5-9,14,23H,4,10-13,22H2,1-3H3/b15-14-. The van der Waals surface area contributed by atoms with Gasteiger partial charge < -0.3 is 15.8 Å². The number of rotatable bonds is 5. The van der Waals surface area contributed by atoms with E-state index in [4.69, 9.17) is 10.5 Å². The SMILES string of the molecule is CCC1(C)C/C(=C\N)Cc2cccc3c(SCCOC)ccc(c23)N1. The molecule has 1 aliphatic rings. The highest BCUT2D eigenvalue weighted by molar-refractivity contribution is 7.99. The zero-order valence-corrected chi connectivity index (χ0v) is 16.2. The molecule has 0 spiro atoms. The highest BCUT2D eigenvalue weighted by Crippen LogP contribution is 2.40. The molecular weight excluding hydrogens is 328 g/mol. The van der Waals surface area contributed by atoms with E-state index < -0.39 is 0 Å². The molecule has 4 heteroatoms. The molecule has 1 unspecified atom stereocenters. The molecule has 2 aromatic carbocycles. The molecule has 1 atom stereocenters. The van der Waals surface area contributed by atoms with Gasteiger partial charge in [0.2, 0.25) is 0 Å². The number of hydrogen-bond acceptors (Lipinski definition) is 4. The van der Waals surface area contributed by atoms with E-state index in [1.54, 1.807) is 13.3 Å². The molecule has 3 rings (SSSR count). The van der Waals surface area contributed by atoms with Crippen molar-refractivity contribution in [1.82, 2.24) is 0 Å². The minimum absolute atomic E-state index is 0.0242. The summed E-state index contributed by atoms with van der Waals surface area (Å²) >= 11 is 1.86. The third-order valence-corrected chi connectivity index (χ3v) is 6.16. The summed E-state index contributed by atoms with van der Waals surface area (Å²) in [7, 11) is 1.75. The van der Waals surface area contributed by atoms with Gasteiger partial charge in [-0.1, -0.05) is 25.1 Å². The largest absolute Gasteiger partial charge is 0.405 e. The van der Waals surface area contributed by atoms with Crippen LogP contribution in [-0.2, 0) is 11.2 Å². The Hall–Kier alpha value is -1.65. The van der Waals surface area contributed by atoms with Gasteiger partial charge in [0.1, 0.15) is 0 Å². The molecule has 0 fully saturated rings. The van der Waals surface area contributed by atoms with Gasteiger partial charge in [-0.05, 0) is 61.0 Å². The summed E-state index contributed by atoms with van der Waals surface area (Å²) in [6, 6.07) is 11.1. The second kappa shape index (κ2) is 7.71. The lowest BCUT2D eigenvalue weighted by Crippen LogP contribution is -2.35. The van der Waals surface area contributed by atoms with Crippen LogP contribution in [-0.4, -0.2) is 25.0 Å². The van der Waals surface area contributed by atoms with Crippen molar-refractivity contribution in [2.45, 2.75) is 43.5 Å². The summed E-state index contributed by atoms with van der Waals surface area (Å²) in [5.41, 5.74) is 9.86. The van der Waals surface area contributed by atoms with Crippen LogP contribution in [0, 0.1) is 0 Å². The number of anilines is 1. The number of thioether (sulfide) groups is 1. The number of ether oxygens (including phenoxy) is 1. The van der Waals surface area contributed by atoms with Gasteiger partial charge in [-0.25, -0.2) is 0 Å². The molecule has 2 aromatic rings. The zero-order chi connectivity index (χ0) is 17.9. The van der Waals surface area contributed by atoms with Crippen molar-refractivity contribution < 1.29 is 4.74 Å². The van der Waals surface area contributed by atoms with Gasteiger partial charge >= 0.3 is 0 Å². The quantitative estimate of drug-likeness (QED) is 0.588. The Kier molecular flexibility index (Phi) is 5.60. The van der Waals surface area contributed by atoms with E-state index in [1.807, 2.05) is 11.8 Å². The van der Waals surface area contributed by atoms with Crippen LogP contribution < -0.4 is 11.1 Å². The molecule has 0 saturated carbocycles. The van der Waals surface area contributed by atoms with Crippen LogP contribution in [0.5, 0.6) is 0 Å². The highest BCUT2D eigenvalue weighted by atomic mass is 32.2. The third kappa shape index (κ3) is 3.80. The Morgan fingerprint density at radius 1 is 1.32 bits per heavy atom. The molecule has 0 amide bonds. The Balaban J connectivity index is 2.13. The molecule has 0 bridgehead atoms. The summed E-state index contributed by atoms with van der Waals surface area (Å²) in [5.74, 6) is 0.962. The van der Waals surface area contributed by atoms with Gasteiger partial charge in [0.05, 0.1) is 6.61 Å². The van der Waals surface area contributed by atoms with Crippen molar-refractivity contribution in [1.29, 1.82) is 0 Å². The summed E-state index contributed by atoms with van der Waals surface area (Å²) in [5, 5.41) is 6.47. The first-order valence-corrected chi connectivity index (χ1v) is 9.93. The maximum Gasteiger partial charge on any atom is 0.0556 e. The Morgan fingerprint density at radius 3 is 2.88 bits per heavy atom. The first-order valence-electron chi connectivity index (χ1n) is 8.94. The van der Waals surface area contributed by atoms with Crippen molar-refractivity contribution in [3.8, 4) is 0 Å². The normalized spacial score (nSPS) is 21.8. The van der Waals surface area contributed by atoms with Crippen molar-refractivity contribution in [3.63, 3.8) is 0 Å². The number of nitrogens with one attached hydrogen (secondary N) is 1.